The monoisotopic (exact) mass is 510 g/mol. The van der Waals surface area contributed by atoms with Gasteiger partial charge in [0, 0.05) is 50.5 Å². The van der Waals surface area contributed by atoms with E-state index >= 15 is 0 Å². The Morgan fingerprint density at radius 1 is 1.11 bits per heavy atom. The number of carbonyl (C=O) groups is 3. The van der Waals surface area contributed by atoms with E-state index in [9.17, 15) is 14.4 Å². The molecule has 0 aliphatic carbocycles. The summed E-state index contributed by atoms with van der Waals surface area (Å²) in [5.74, 6) is -0.143. The van der Waals surface area contributed by atoms with E-state index in [0.29, 0.717) is 35.7 Å². The maximum absolute atomic E-state index is 13.4. The van der Waals surface area contributed by atoms with Gasteiger partial charge in [0.1, 0.15) is 12.4 Å². The van der Waals surface area contributed by atoms with Crippen molar-refractivity contribution in [2.45, 2.75) is 26.0 Å². The molecular formula is C28H38N4O5. The summed E-state index contributed by atoms with van der Waals surface area (Å²) in [7, 11) is 7.07. The number of rotatable bonds is 5. The van der Waals surface area contributed by atoms with E-state index in [1.165, 1.54) is 0 Å². The number of hydrogen-bond acceptors (Lipinski definition) is 6. The van der Waals surface area contributed by atoms with E-state index in [0.717, 1.165) is 0 Å². The zero-order valence-corrected chi connectivity index (χ0v) is 22.6. The highest BCUT2D eigenvalue weighted by Crippen LogP contribution is 2.27. The highest BCUT2D eigenvalue weighted by atomic mass is 16.5. The fourth-order valence-electron chi connectivity index (χ4n) is 4.35. The van der Waals surface area contributed by atoms with Crippen LogP contribution in [0.1, 0.15) is 34.6 Å². The molecule has 0 spiro atoms. The first-order valence-electron chi connectivity index (χ1n) is 12.5. The molecule has 0 unspecified atom stereocenters. The van der Waals surface area contributed by atoms with E-state index in [1.54, 1.807) is 61.5 Å². The van der Waals surface area contributed by atoms with Gasteiger partial charge in [0.25, 0.3) is 11.8 Å². The average molecular weight is 511 g/mol. The normalized spacial score (nSPS) is 20.9. The number of carbonyl (C=O) groups excluding carboxylic acids is 3. The summed E-state index contributed by atoms with van der Waals surface area (Å²) in [6.07, 6.45) is -0.260. The van der Waals surface area contributed by atoms with Crippen LogP contribution in [0.5, 0.6) is 5.75 Å². The van der Waals surface area contributed by atoms with Gasteiger partial charge in [0.05, 0.1) is 24.3 Å². The van der Waals surface area contributed by atoms with Crippen LogP contribution in [0, 0.1) is 5.92 Å². The summed E-state index contributed by atoms with van der Waals surface area (Å²) in [6.45, 7) is 5.24. The molecule has 2 aromatic carbocycles. The first-order chi connectivity index (χ1) is 17.6. The predicted molar refractivity (Wildman–Crippen MR) is 143 cm³/mol. The van der Waals surface area contributed by atoms with Gasteiger partial charge in [-0.25, -0.2) is 0 Å². The molecule has 3 atom stereocenters. The fraction of sp³-hybridized carbons (Fsp3) is 0.464. The summed E-state index contributed by atoms with van der Waals surface area (Å²) < 4.78 is 11.9. The highest BCUT2D eigenvalue weighted by Gasteiger charge is 2.30. The quantitative estimate of drug-likeness (QED) is 0.665. The van der Waals surface area contributed by atoms with Crippen molar-refractivity contribution < 1.29 is 23.9 Å². The average Bonchev–Trinajstić information content (AvgIpc) is 2.87. The van der Waals surface area contributed by atoms with E-state index in [1.807, 2.05) is 43.8 Å². The van der Waals surface area contributed by atoms with Crippen LogP contribution in [0.4, 0.5) is 5.69 Å². The largest absolute Gasteiger partial charge is 0.491 e. The lowest BCUT2D eigenvalue weighted by Gasteiger charge is -2.36. The second-order valence-electron chi connectivity index (χ2n) is 9.91. The molecule has 9 nitrogen and oxygen atoms in total. The molecule has 0 aromatic heterocycles. The number of methoxy groups -OCH3 is 1. The van der Waals surface area contributed by atoms with Gasteiger partial charge in [0.15, 0.2) is 0 Å². The lowest BCUT2D eigenvalue weighted by Crippen LogP contribution is -2.50. The van der Waals surface area contributed by atoms with Gasteiger partial charge in [-0.1, -0.05) is 25.1 Å². The van der Waals surface area contributed by atoms with Crippen LogP contribution in [-0.4, -0.2) is 99.1 Å². The van der Waals surface area contributed by atoms with E-state index in [2.05, 4.69) is 5.32 Å². The summed E-state index contributed by atoms with van der Waals surface area (Å²) in [6, 6.07) is 13.6. The van der Waals surface area contributed by atoms with Gasteiger partial charge in [-0.2, -0.15) is 0 Å². The topological polar surface area (TPSA) is 91.4 Å². The predicted octanol–water partition coefficient (Wildman–Crippen LogP) is 2.83. The number of ether oxygens (including phenoxy) is 2. The smallest absolute Gasteiger partial charge is 0.257 e. The molecule has 9 heteroatoms. The Kier molecular flexibility index (Phi) is 9.66. The number of nitrogens with zero attached hydrogens (tertiary/aromatic N) is 3. The number of anilines is 1. The molecular weight excluding hydrogens is 472 g/mol. The van der Waals surface area contributed by atoms with Crippen LogP contribution in [0.25, 0.3) is 0 Å². The first kappa shape index (κ1) is 28.1. The minimum atomic E-state index is -0.261. The molecule has 1 aliphatic heterocycles. The molecule has 3 amide bonds. The fourth-order valence-corrected chi connectivity index (χ4v) is 4.35. The molecule has 0 saturated heterocycles. The third kappa shape index (κ3) is 7.30. The zero-order valence-electron chi connectivity index (χ0n) is 22.6. The third-order valence-electron chi connectivity index (χ3n) is 6.51. The van der Waals surface area contributed by atoms with Crippen LogP contribution < -0.4 is 10.1 Å². The Bertz CT molecular complexity index is 1090. The van der Waals surface area contributed by atoms with Crippen molar-refractivity contribution in [3.8, 4) is 5.75 Å². The molecule has 0 radical (unpaired) electrons. The van der Waals surface area contributed by atoms with Crippen LogP contribution in [-0.2, 0) is 9.53 Å². The van der Waals surface area contributed by atoms with E-state index in [-0.39, 0.29) is 48.9 Å². The van der Waals surface area contributed by atoms with Gasteiger partial charge < -0.3 is 29.5 Å². The zero-order chi connectivity index (χ0) is 27.1. The molecule has 37 heavy (non-hydrogen) atoms. The van der Waals surface area contributed by atoms with E-state index in [4.69, 9.17) is 9.47 Å². The van der Waals surface area contributed by atoms with Gasteiger partial charge in [-0.15, -0.1) is 0 Å². The SMILES string of the molecule is CO[C@@H]1CN(C)C(=O)c2ccc(NC(=O)c3ccccc3)cc2OC[C@@H](C)N(C(=O)CN(C)C)C[C@H]1C. The Morgan fingerprint density at radius 3 is 2.46 bits per heavy atom. The van der Waals surface area contributed by atoms with Crippen molar-refractivity contribution in [1.29, 1.82) is 0 Å². The number of nitrogens with one attached hydrogen (secondary N) is 1. The number of fused-ring (bicyclic) bond motifs is 1. The Morgan fingerprint density at radius 2 is 1.81 bits per heavy atom. The van der Waals surface area contributed by atoms with Gasteiger partial charge in [-0.3, -0.25) is 14.4 Å². The second kappa shape index (κ2) is 12.7. The molecule has 1 heterocycles. The molecule has 3 rings (SSSR count). The number of benzene rings is 2. The maximum atomic E-state index is 13.4. The van der Waals surface area contributed by atoms with Gasteiger partial charge >= 0.3 is 0 Å². The third-order valence-corrected chi connectivity index (χ3v) is 6.51. The van der Waals surface area contributed by atoms with Crippen molar-refractivity contribution in [3.05, 3.63) is 59.7 Å². The highest BCUT2D eigenvalue weighted by molar-refractivity contribution is 6.05. The number of hydrogen-bond donors (Lipinski definition) is 1. The molecule has 1 aliphatic rings. The standard InChI is InChI=1S/C28H38N4O5/c1-19-15-32(26(33)17-30(3)4)20(2)18-37-24-14-22(29-27(34)21-10-8-7-9-11-21)12-13-23(24)28(35)31(5)16-25(19)36-6/h7-14,19-20,25H,15-18H2,1-6H3,(H,29,34)/t19-,20-,25-/m1/s1. The Hall–Kier alpha value is -3.43. The molecule has 0 fully saturated rings. The molecule has 0 bridgehead atoms. The minimum Gasteiger partial charge on any atom is -0.491 e. The number of amides is 3. The van der Waals surface area contributed by atoms with E-state index < -0.39 is 0 Å². The molecule has 2 aromatic rings. The molecule has 200 valence electrons. The Labute approximate surface area is 219 Å². The second-order valence-corrected chi connectivity index (χ2v) is 9.91. The summed E-state index contributed by atoms with van der Waals surface area (Å²) >= 11 is 0. The maximum Gasteiger partial charge on any atom is 0.257 e. The van der Waals surface area contributed by atoms with Crippen molar-refractivity contribution in [3.63, 3.8) is 0 Å². The van der Waals surface area contributed by atoms with Crippen LogP contribution in [0.2, 0.25) is 0 Å². The van der Waals surface area contributed by atoms with Crippen molar-refractivity contribution in [2.75, 3.05) is 59.8 Å². The van der Waals surface area contributed by atoms with Gasteiger partial charge in [-0.05, 0) is 45.3 Å². The van der Waals surface area contributed by atoms with Crippen molar-refractivity contribution in [2.24, 2.45) is 5.92 Å². The van der Waals surface area contributed by atoms with Crippen LogP contribution >= 0.6 is 0 Å². The lowest BCUT2D eigenvalue weighted by molar-refractivity contribution is -0.136. The van der Waals surface area contributed by atoms with Crippen LogP contribution in [0.15, 0.2) is 48.5 Å². The van der Waals surface area contributed by atoms with Crippen LogP contribution in [0.3, 0.4) is 0 Å². The Balaban J connectivity index is 1.94. The van der Waals surface area contributed by atoms with Gasteiger partial charge in [0.2, 0.25) is 5.91 Å². The van der Waals surface area contributed by atoms with Crippen molar-refractivity contribution in [1.82, 2.24) is 14.7 Å². The molecule has 0 saturated carbocycles. The summed E-state index contributed by atoms with van der Waals surface area (Å²) in [5.41, 5.74) is 1.41. The van der Waals surface area contributed by atoms with Crippen molar-refractivity contribution >= 4 is 23.4 Å². The summed E-state index contributed by atoms with van der Waals surface area (Å²) in [5, 5.41) is 2.87. The first-order valence-corrected chi connectivity index (χ1v) is 12.5. The minimum absolute atomic E-state index is 0.00612. The lowest BCUT2D eigenvalue weighted by atomic mass is 10.0. The molecule has 1 N–H and O–H groups in total. The number of likely N-dealkylation sites (N-methyl/N-ethyl adjacent to an activating group) is 2. The summed E-state index contributed by atoms with van der Waals surface area (Å²) in [4.78, 5) is 44.4.